The first kappa shape index (κ1) is 15.6. The lowest BCUT2D eigenvalue weighted by Gasteiger charge is -2.26. The van der Waals surface area contributed by atoms with Gasteiger partial charge in [0.15, 0.2) is 17.5 Å². The summed E-state index contributed by atoms with van der Waals surface area (Å²) in [6.07, 6.45) is 6.84. The fourth-order valence-corrected chi connectivity index (χ4v) is 2.95. The lowest BCUT2D eigenvalue weighted by molar-refractivity contribution is 0.294. The molecule has 1 saturated carbocycles. The number of halogens is 3. The quantitative estimate of drug-likeness (QED) is 0.710. The Hall–Kier alpha value is -1.76. The van der Waals surface area contributed by atoms with Gasteiger partial charge in [0.1, 0.15) is 6.07 Å². The zero-order valence-corrected chi connectivity index (χ0v) is 11.8. The maximum Gasteiger partial charge on any atom is 0.196 e. The topological polar surface area (TPSA) is 23.8 Å². The minimum Gasteiger partial charge on any atom is -0.204 e. The van der Waals surface area contributed by atoms with Crippen LogP contribution in [0.1, 0.15) is 37.7 Å². The average Bonchev–Trinajstić information content (AvgIpc) is 2.50. The van der Waals surface area contributed by atoms with Crippen molar-refractivity contribution in [3.8, 4) is 6.07 Å². The second-order valence-corrected chi connectivity index (χ2v) is 5.69. The summed E-state index contributed by atoms with van der Waals surface area (Å²) < 4.78 is 38.8. The number of hydrogen-bond acceptors (Lipinski definition) is 1. The molecule has 0 unspecified atom stereocenters. The zero-order chi connectivity index (χ0) is 15.2. The number of nitrogens with zero attached hydrogens (tertiary/aromatic N) is 1. The lowest BCUT2D eigenvalue weighted by atomic mass is 9.79. The van der Waals surface area contributed by atoms with Gasteiger partial charge in [-0.2, -0.15) is 9.65 Å². The third-order valence-electron chi connectivity index (χ3n) is 4.21. The Morgan fingerprint density at radius 2 is 1.90 bits per heavy atom. The number of benzene rings is 1. The van der Waals surface area contributed by atoms with Gasteiger partial charge >= 0.3 is 0 Å². The van der Waals surface area contributed by atoms with Gasteiger partial charge in [0, 0.05) is 0 Å². The van der Waals surface area contributed by atoms with E-state index in [4.69, 9.17) is 5.26 Å². The van der Waals surface area contributed by atoms with Crippen LogP contribution in [-0.4, -0.2) is 0 Å². The van der Waals surface area contributed by atoms with Crippen LogP contribution in [0, 0.1) is 34.8 Å². The summed E-state index contributed by atoms with van der Waals surface area (Å²) in [5, 5.41) is 8.42. The molecule has 0 bridgehead atoms. The zero-order valence-electron chi connectivity index (χ0n) is 11.8. The van der Waals surface area contributed by atoms with Crippen molar-refractivity contribution in [1.82, 2.24) is 0 Å². The highest BCUT2D eigenvalue weighted by Crippen LogP contribution is 2.33. The first-order valence-electron chi connectivity index (χ1n) is 7.30. The molecule has 112 valence electrons. The molecule has 0 heterocycles. The van der Waals surface area contributed by atoms with Gasteiger partial charge in [-0.05, 0) is 74.1 Å². The molecule has 0 amide bonds. The predicted molar refractivity (Wildman–Crippen MR) is 74.9 cm³/mol. The monoisotopic (exact) mass is 293 g/mol. The molecule has 0 aliphatic heterocycles. The highest BCUT2D eigenvalue weighted by Gasteiger charge is 2.20. The van der Waals surface area contributed by atoms with Crippen molar-refractivity contribution in [2.75, 3.05) is 0 Å². The molecule has 0 spiro atoms. The fraction of sp³-hybridized carbons (Fsp3) is 0.471. The molecule has 1 aliphatic carbocycles. The molecule has 1 aromatic rings. The van der Waals surface area contributed by atoms with E-state index in [1.807, 2.05) is 0 Å². The molecule has 0 aromatic heterocycles. The maximum absolute atomic E-state index is 13.1. The summed E-state index contributed by atoms with van der Waals surface area (Å²) in [5.74, 6) is -1.61. The number of aryl methyl sites for hydroxylation is 1. The summed E-state index contributed by atoms with van der Waals surface area (Å²) in [4.78, 5) is 0. The number of allylic oxidation sites excluding steroid dienone is 2. The van der Waals surface area contributed by atoms with Crippen LogP contribution in [0.25, 0.3) is 0 Å². The Kier molecular flexibility index (Phi) is 5.44. The van der Waals surface area contributed by atoms with Gasteiger partial charge in [-0.15, -0.1) is 0 Å². The van der Waals surface area contributed by atoms with Crippen LogP contribution in [0.3, 0.4) is 0 Å². The first-order chi connectivity index (χ1) is 10.1. The fourth-order valence-electron chi connectivity index (χ4n) is 2.95. The van der Waals surface area contributed by atoms with E-state index in [1.54, 1.807) is 6.07 Å². The van der Waals surface area contributed by atoms with Gasteiger partial charge in [0.2, 0.25) is 0 Å². The first-order valence-corrected chi connectivity index (χ1v) is 7.30. The van der Waals surface area contributed by atoms with Crippen LogP contribution in [0.5, 0.6) is 0 Å². The van der Waals surface area contributed by atoms with E-state index in [2.05, 4.69) is 0 Å². The Balaban J connectivity index is 1.79. The van der Waals surface area contributed by atoms with E-state index in [0.29, 0.717) is 5.92 Å². The second kappa shape index (κ2) is 7.31. The Labute approximate surface area is 123 Å². The molecular weight excluding hydrogens is 275 g/mol. The number of hydrogen-bond donors (Lipinski definition) is 0. The van der Waals surface area contributed by atoms with Crippen LogP contribution >= 0.6 is 0 Å². The van der Waals surface area contributed by atoms with Crippen molar-refractivity contribution in [3.05, 3.63) is 47.3 Å². The van der Waals surface area contributed by atoms with Crippen molar-refractivity contribution < 1.29 is 13.2 Å². The van der Waals surface area contributed by atoms with E-state index in [-0.39, 0.29) is 5.92 Å². The van der Waals surface area contributed by atoms with E-state index < -0.39 is 17.5 Å². The maximum atomic E-state index is 13.1. The molecular formula is C17H18F3N. The summed E-state index contributed by atoms with van der Waals surface area (Å²) in [6.45, 7) is 0. The standard InChI is InChI=1S/C17H18F3N/c18-15(11-21)9-13-4-1-12(2-5-13)3-6-14-7-8-16(19)17(20)10-14/h7-10,12-13H,1-6H2/b15-9-/t12-,13-. The molecule has 1 fully saturated rings. The highest BCUT2D eigenvalue weighted by molar-refractivity contribution is 5.18. The third kappa shape index (κ3) is 4.63. The van der Waals surface area contributed by atoms with Gasteiger partial charge in [0.05, 0.1) is 0 Å². The molecule has 1 aromatic carbocycles. The van der Waals surface area contributed by atoms with E-state index in [0.717, 1.165) is 50.2 Å². The summed E-state index contributed by atoms with van der Waals surface area (Å²) in [7, 11) is 0. The van der Waals surface area contributed by atoms with Crippen LogP contribution in [0.4, 0.5) is 13.2 Å². The lowest BCUT2D eigenvalue weighted by Crippen LogP contribution is -2.14. The molecule has 1 nitrogen and oxygen atoms in total. The highest BCUT2D eigenvalue weighted by atomic mass is 19.2. The van der Waals surface area contributed by atoms with Gasteiger partial charge in [-0.3, -0.25) is 0 Å². The molecule has 0 atom stereocenters. The van der Waals surface area contributed by atoms with Crippen molar-refractivity contribution in [2.45, 2.75) is 38.5 Å². The average molecular weight is 293 g/mol. The van der Waals surface area contributed by atoms with Gasteiger partial charge in [-0.1, -0.05) is 6.07 Å². The minimum absolute atomic E-state index is 0.157. The number of rotatable bonds is 4. The summed E-state index contributed by atoms with van der Waals surface area (Å²) in [5.41, 5.74) is 0.812. The van der Waals surface area contributed by atoms with E-state index in [1.165, 1.54) is 18.2 Å². The molecule has 21 heavy (non-hydrogen) atoms. The Morgan fingerprint density at radius 3 is 2.52 bits per heavy atom. The van der Waals surface area contributed by atoms with Crippen molar-refractivity contribution in [1.29, 1.82) is 5.26 Å². The summed E-state index contributed by atoms with van der Waals surface area (Å²) >= 11 is 0. The van der Waals surface area contributed by atoms with E-state index in [9.17, 15) is 13.2 Å². The predicted octanol–water partition coefficient (Wildman–Crippen LogP) is 5.08. The molecule has 0 saturated heterocycles. The van der Waals surface area contributed by atoms with Crippen LogP contribution in [0.2, 0.25) is 0 Å². The third-order valence-corrected chi connectivity index (χ3v) is 4.21. The van der Waals surface area contributed by atoms with Crippen LogP contribution < -0.4 is 0 Å². The van der Waals surface area contributed by atoms with E-state index >= 15 is 0 Å². The van der Waals surface area contributed by atoms with Crippen molar-refractivity contribution in [2.24, 2.45) is 11.8 Å². The Bertz CT molecular complexity index is 552. The van der Waals surface area contributed by atoms with Crippen LogP contribution in [-0.2, 0) is 6.42 Å². The molecule has 2 rings (SSSR count). The second-order valence-electron chi connectivity index (χ2n) is 5.69. The molecule has 0 N–H and O–H groups in total. The van der Waals surface area contributed by atoms with Gasteiger partial charge in [-0.25, -0.2) is 8.78 Å². The largest absolute Gasteiger partial charge is 0.204 e. The van der Waals surface area contributed by atoms with Gasteiger partial charge in [0.25, 0.3) is 0 Å². The van der Waals surface area contributed by atoms with Gasteiger partial charge < -0.3 is 0 Å². The minimum atomic E-state index is -0.814. The smallest absolute Gasteiger partial charge is 0.196 e. The summed E-state index contributed by atoms with van der Waals surface area (Å²) in [6, 6.07) is 5.55. The molecule has 1 aliphatic rings. The number of nitriles is 1. The SMILES string of the molecule is N#C/C(F)=C/[C@H]1CC[C@H](CCc2ccc(F)c(F)c2)CC1. The van der Waals surface area contributed by atoms with Crippen molar-refractivity contribution >= 4 is 0 Å². The van der Waals surface area contributed by atoms with Crippen molar-refractivity contribution in [3.63, 3.8) is 0 Å². The molecule has 0 radical (unpaired) electrons. The molecule has 4 heteroatoms. The normalized spacial score (nSPS) is 22.9. The Morgan fingerprint density at radius 1 is 1.19 bits per heavy atom. The van der Waals surface area contributed by atoms with Crippen LogP contribution in [0.15, 0.2) is 30.1 Å².